The number of piperazine rings is 1. The average Bonchev–Trinajstić information content (AvgIpc) is 3.43. The van der Waals surface area contributed by atoms with Crippen molar-refractivity contribution in [2.75, 3.05) is 45.9 Å². The molecule has 2 aliphatic rings. The number of ether oxygens (including phenoxy) is 2. The molecule has 2 atom stereocenters. The number of carbonyl (C=O) groups is 2. The van der Waals surface area contributed by atoms with Crippen LogP contribution in [0, 0.1) is 0 Å². The zero-order valence-corrected chi connectivity index (χ0v) is 26.9. The van der Waals surface area contributed by atoms with Gasteiger partial charge < -0.3 is 14.4 Å². The number of carbonyl (C=O) groups excluding carboxylic acids is 2. The van der Waals surface area contributed by atoms with Gasteiger partial charge in [-0.3, -0.25) is 25.1 Å². The van der Waals surface area contributed by atoms with Crippen LogP contribution in [-0.4, -0.2) is 67.6 Å². The number of nitrogens with zero attached hydrogens (tertiary/aromatic N) is 2. The summed E-state index contributed by atoms with van der Waals surface area (Å²) in [6.45, 7) is 5.24. The molecule has 8 nitrogen and oxygen atoms in total. The van der Waals surface area contributed by atoms with Crippen molar-refractivity contribution in [1.82, 2.24) is 20.4 Å². The van der Waals surface area contributed by atoms with Gasteiger partial charge in [0.25, 0.3) is 5.91 Å². The summed E-state index contributed by atoms with van der Waals surface area (Å²) < 4.78 is 52.4. The SMILES string of the molecule is CCOC(=O)CN1CCN(C(=O)C2(c3ccc(C(F)(F)F)cc3OCC)NC(c3ccc(Cl)cc3)C(c3ccc(Cl)cc3)N2)CC1. The second-order valence-corrected chi connectivity index (χ2v) is 12.0. The molecule has 0 aliphatic carbocycles. The van der Waals surface area contributed by atoms with Crippen molar-refractivity contribution in [3.63, 3.8) is 0 Å². The lowest BCUT2D eigenvalue weighted by Gasteiger charge is -2.40. The molecule has 3 aromatic carbocycles. The smallest absolute Gasteiger partial charge is 0.416 e. The Morgan fingerprint density at radius 2 is 1.39 bits per heavy atom. The number of nitrogens with one attached hydrogen (secondary N) is 2. The summed E-state index contributed by atoms with van der Waals surface area (Å²) in [6.07, 6.45) is -4.62. The van der Waals surface area contributed by atoms with Gasteiger partial charge >= 0.3 is 12.1 Å². The molecular weight excluding hydrogens is 644 g/mol. The fraction of sp³-hybridized carbons (Fsp3) is 0.394. The summed E-state index contributed by atoms with van der Waals surface area (Å²) in [4.78, 5) is 30.5. The number of hydrogen-bond donors (Lipinski definition) is 2. The van der Waals surface area contributed by atoms with E-state index in [1.165, 1.54) is 6.07 Å². The Labute approximate surface area is 275 Å². The molecule has 2 unspecified atom stereocenters. The summed E-state index contributed by atoms with van der Waals surface area (Å²) in [5.41, 5.74) is -0.772. The highest BCUT2D eigenvalue weighted by molar-refractivity contribution is 6.30. The van der Waals surface area contributed by atoms with E-state index in [0.717, 1.165) is 23.3 Å². The van der Waals surface area contributed by atoms with E-state index in [0.29, 0.717) is 23.1 Å². The monoisotopic (exact) mass is 678 g/mol. The van der Waals surface area contributed by atoms with Crippen LogP contribution in [0.15, 0.2) is 66.7 Å². The maximum Gasteiger partial charge on any atom is 0.416 e. The van der Waals surface area contributed by atoms with E-state index in [1.54, 1.807) is 43.0 Å². The summed E-state index contributed by atoms with van der Waals surface area (Å²) in [6, 6.07) is 16.5. The molecule has 0 aromatic heterocycles. The van der Waals surface area contributed by atoms with Gasteiger partial charge in [-0.15, -0.1) is 0 Å². The predicted octanol–water partition coefficient (Wildman–Crippen LogP) is 5.95. The van der Waals surface area contributed by atoms with E-state index in [2.05, 4.69) is 10.6 Å². The molecule has 5 rings (SSSR count). The minimum atomic E-state index is -4.62. The zero-order chi connectivity index (χ0) is 33.1. The Balaban J connectivity index is 1.60. The molecule has 2 N–H and O–H groups in total. The summed E-state index contributed by atoms with van der Waals surface area (Å²) in [7, 11) is 0. The van der Waals surface area contributed by atoms with Gasteiger partial charge in [-0.1, -0.05) is 53.5 Å². The highest BCUT2D eigenvalue weighted by Gasteiger charge is 2.55. The van der Waals surface area contributed by atoms with Crippen LogP contribution in [0.5, 0.6) is 5.75 Å². The summed E-state index contributed by atoms with van der Waals surface area (Å²) in [5, 5.41) is 8.07. The third kappa shape index (κ3) is 7.29. The van der Waals surface area contributed by atoms with Crippen LogP contribution in [0.25, 0.3) is 0 Å². The maximum absolute atomic E-state index is 14.8. The molecule has 2 aliphatic heterocycles. The highest BCUT2D eigenvalue weighted by atomic mass is 35.5. The van der Waals surface area contributed by atoms with Gasteiger partial charge in [-0.25, -0.2) is 0 Å². The number of halogens is 5. The van der Waals surface area contributed by atoms with Crippen molar-refractivity contribution < 1.29 is 32.2 Å². The van der Waals surface area contributed by atoms with Crippen LogP contribution in [0.1, 0.15) is 48.2 Å². The zero-order valence-electron chi connectivity index (χ0n) is 25.4. The Hall–Kier alpha value is -3.35. The van der Waals surface area contributed by atoms with Gasteiger partial charge in [0.05, 0.1) is 37.4 Å². The van der Waals surface area contributed by atoms with E-state index in [9.17, 15) is 22.8 Å². The van der Waals surface area contributed by atoms with Crippen molar-refractivity contribution in [1.29, 1.82) is 0 Å². The van der Waals surface area contributed by atoms with Gasteiger partial charge in [0.2, 0.25) is 0 Å². The van der Waals surface area contributed by atoms with Crippen molar-refractivity contribution in [3.05, 3.63) is 99.0 Å². The molecule has 0 bridgehead atoms. The normalized spacial score (nSPS) is 22.1. The molecule has 0 saturated carbocycles. The fourth-order valence-electron chi connectivity index (χ4n) is 5.98. The van der Waals surface area contributed by atoms with Gasteiger partial charge in [0, 0.05) is 41.8 Å². The molecule has 2 heterocycles. The molecule has 0 spiro atoms. The molecule has 1 amide bonds. The molecule has 2 fully saturated rings. The highest BCUT2D eigenvalue weighted by Crippen LogP contribution is 2.46. The van der Waals surface area contributed by atoms with Gasteiger partial charge in [0.1, 0.15) is 5.75 Å². The third-order valence-corrected chi connectivity index (χ3v) is 8.69. The summed E-state index contributed by atoms with van der Waals surface area (Å²) >= 11 is 12.4. The lowest BCUT2D eigenvalue weighted by Crippen LogP contribution is -2.62. The summed E-state index contributed by atoms with van der Waals surface area (Å²) in [5.74, 6) is -0.807. The first-order valence-electron chi connectivity index (χ1n) is 15.0. The molecule has 46 heavy (non-hydrogen) atoms. The van der Waals surface area contributed by atoms with Gasteiger partial charge in [-0.2, -0.15) is 13.2 Å². The minimum absolute atomic E-state index is 0.0711. The fourth-order valence-corrected chi connectivity index (χ4v) is 6.23. The Morgan fingerprint density at radius 1 is 0.848 bits per heavy atom. The lowest BCUT2D eigenvalue weighted by molar-refractivity contribution is -0.146. The second-order valence-electron chi connectivity index (χ2n) is 11.1. The first-order valence-corrected chi connectivity index (χ1v) is 15.8. The number of amides is 1. The largest absolute Gasteiger partial charge is 0.493 e. The number of hydrogen-bond acceptors (Lipinski definition) is 7. The van der Waals surface area contributed by atoms with E-state index in [-0.39, 0.29) is 56.0 Å². The molecule has 0 radical (unpaired) electrons. The Bertz CT molecular complexity index is 1480. The molecule has 3 aromatic rings. The molecule has 2 saturated heterocycles. The Kier molecular flexibility index (Phi) is 10.5. The number of rotatable bonds is 9. The topological polar surface area (TPSA) is 83.1 Å². The van der Waals surface area contributed by atoms with E-state index < -0.39 is 29.5 Å². The van der Waals surface area contributed by atoms with E-state index in [1.807, 2.05) is 29.2 Å². The van der Waals surface area contributed by atoms with Crippen molar-refractivity contribution in [2.24, 2.45) is 0 Å². The van der Waals surface area contributed by atoms with Crippen molar-refractivity contribution in [2.45, 2.75) is 37.8 Å². The Morgan fingerprint density at radius 3 is 1.87 bits per heavy atom. The molecular formula is C33H35Cl2F3N4O4. The van der Waals surface area contributed by atoms with Crippen molar-refractivity contribution >= 4 is 35.1 Å². The maximum atomic E-state index is 14.8. The third-order valence-electron chi connectivity index (χ3n) is 8.19. The number of benzene rings is 3. The minimum Gasteiger partial charge on any atom is -0.493 e. The van der Waals surface area contributed by atoms with E-state index in [4.69, 9.17) is 32.7 Å². The van der Waals surface area contributed by atoms with Crippen LogP contribution < -0.4 is 15.4 Å². The first-order chi connectivity index (χ1) is 21.9. The van der Waals surface area contributed by atoms with Gasteiger partial charge in [-0.05, 0) is 61.4 Å². The van der Waals surface area contributed by atoms with Crippen LogP contribution in [0.2, 0.25) is 10.0 Å². The molecule has 13 heteroatoms. The lowest BCUT2D eigenvalue weighted by atomic mass is 9.94. The predicted molar refractivity (Wildman–Crippen MR) is 169 cm³/mol. The first kappa shape index (κ1) is 34.0. The van der Waals surface area contributed by atoms with Crippen LogP contribution in [0.3, 0.4) is 0 Å². The quantitative estimate of drug-likeness (QED) is 0.271. The average molecular weight is 680 g/mol. The number of esters is 1. The van der Waals surface area contributed by atoms with Crippen LogP contribution in [-0.2, 0) is 26.2 Å². The number of alkyl halides is 3. The molecule has 246 valence electrons. The van der Waals surface area contributed by atoms with Crippen molar-refractivity contribution in [3.8, 4) is 5.75 Å². The van der Waals surface area contributed by atoms with Crippen LogP contribution in [0.4, 0.5) is 13.2 Å². The van der Waals surface area contributed by atoms with E-state index >= 15 is 0 Å². The standard InChI is InChI=1S/C33H35Cl2F3N4O4/c1-3-45-27-19-23(33(36,37)38)9-14-26(27)32(31(44)42-17-15-41(16-18-42)20-28(43)46-4-2)39-29(21-5-10-24(34)11-6-21)30(40-32)22-7-12-25(35)13-8-22/h5-14,19,29-30,39-40H,3-4,15-18,20H2,1-2H3. The second kappa shape index (κ2) is 14.2. The van der Waals surface area contributed by atoms with Gasteiger partial charge in [0.15, 0.2) is 5.66 Å². The van der Waals surface area contributed by atoms with Crippen LogP contribution >= 0.6 is 23.2 Å².